The average Bonchev–Trinajstić information content (AvgIpc) is 2.59. The van der Waals surface area contributed by atoms with E-state index in [0.29, 0.717) is 5.69 Å². The second-order valence-electron chi connectivity index (χ2n) is 5.71. The quantitative estimate of drug-likeness (QED) is 0.354. The highest BCUT2D eigenvalue weighted by Gasteiger charge is 2.15. The summed E-state index contributed by atoms with van der Waals surface area (Å²) in [6.45, 7) is 1.19. The number of rotatable bonds is 7. The maximum atomic E-state index is 12.4. The summed E-state index contributed by atoms with van der Waals surface area (Å²) in [5.74, 6) is -0.587. The van der Waals surface area contributed by atoms with Crippen LogP contribution < -0.4 is 16.4 Å². The first kappa shape index (κ1) is 20.4. The summed E-state index contributed by atoms with van der Waals surface area (Å²) in [5, 5.41) is 21.1. The molecule has 0 radical (unpaired) electrons. The van der Waals surface area contributed by atoms with E-state index < -0.39 is 18.6 Å². The van der Waals surface area contributed by atoms with Gasteiger partial charge in [0.05, 0.1) is 17.9 Å². The molecule has 1 aromatic carbocycles. The molecule has 26 heavy (non-hydrogen) atoms. The van der Waals surface area contributed by atoms with Gasteiger partial charge in [0, 0.05) is 28.6 Å². The Morgan fingerprint density at radius 1 is 1.35 bits per heavy atom. The summed E-state index contributed by atoms with van der Waals surface area (Å²) >= 11 is 2.20. The summed E-state index contributed by atoms with van der Waals surface area (Å²) < 4.78 is 2.35. The Kier molecular flexibility index (Phi) is 7.14. The minimum absolute atomic E-state index is 0.198. The number of halogens is 1. The first-order valence-corrected chi connectivity index (χ1v) is 8.84. The number of aryl methyl sites for hydroxylation is 2. The Morgan fingerprint density at radius 3 is 2.73 bits per heavy atom. The molecule has 2 rings (SSSR count). The van der Waals surface area contributed by atoms with Crippen LogP contribution in [-0.4, -0.2) is 40.0 Å². The predicted molar refractivity (Wildman–Crippen MR) is 105 cm³/mol. The molecule has 1 amide bonds. The lowest BCUT2D eigenvalue weighted by molar-refractivity contribution is -0.0295. The Bertz CT molecular complexity index is 853. The second kappa shape index (κ2) is 9.12. The second-order valence-corrected chi connectivity index (χ2v) is 6.96. The molecule has 1 heterocycles. The third kappa shape index (κ3) is 5.27. The molecule has 0 aliphatic carbocycles. The van der Waals surface area contributed by atoms with Gasteiger partial charge in [-0.25, -0.2) is 5.48 Å². The van der Waals surface area contributed by atoms with Crippen molar-refractivity contribution in [3.63, 3.8) is 0 Å². The topological polar surface area (TPSA) is 113 Å². The number of benzene rings is 1. The number of aromatic nitrogens is 1. The lowest BCUT2D eigenvalue weighted by atomic mass is 10.1. The van der Waals surface area contributed by atoms with Crippen LogP contribution >= 0.6 is 22.6 Å². The van der Waals surface area contributed by atoms with Crippen molar-refractivity contribution < 1.29 is 19.8 Å². The number of carbonyl (C=O) groups excluding carboxylic acids is 1. The molecule has 0 bridgehead atoms. The van der Waals surface area contributed by atoms with Gasteiger partial charge in [-0.1, -0.05) is 0 Å². The van der Waals surface area contributed by atoms with Gasteiger partial charge in [-0.15, -0.1) is 0 Å². The van der Waals surface area contributed by atoms with Gasteiger partial charge in [0.15, 0.2) is 0 Å². The SMILES string of the molecule is Cc1cc(I)ccc1Nc1cc(=O)n(C)cc1C(=O)NOC[C@@H](O)CO. The molecule has 2 aromatic rings. The van der Waals surface area contributed by atoms with Crippen LogP contribution in [0.1, 0.15) is 15.9 Å². The molecule has 0 aliphatic heterocycles. The fourth-order valence-corrected chi connectivity index (χ4v) is 2.78. The van der Waals surface area contributed by atoms with Gasteiger partial charge in [-0.3, -0.25) is 14.4 Å². The van der Waals surface area contributed by atoms with Crippen molar-refractivity contribution in [2.24, 2.45) is 7.05 Å². The Hall–Kier alpha value is -1.95. The molecule has 1 aromatic heterocycles. The molecule has 0 aliphatic rings. The number of hydroxylamine groups is 1. The van der Waals surface area contributed by atoms with Crippen LogP contribution in [0.2, 0.25) is 0 Å². The lowest BCUT2D eigenvalue weighted by Crippen LogP contribution is -2.31. The van der Waals surface area contributed by atoms with Crippen LogP contribution in [0.4, 0.5) is 11.4 Å². The van der Waals surface area contributed by atoms with Crippen LogP contribution in [0.5, 0.6) is 0 Å². The largest absolute Gasteiger partial charge is 0.394 e. The van der Waals surface area contributed by atoms with Gasteiger partial charge in [-0.05, 0) is 53.3 Å². The molecular weight excluding hydrogens is 453 g/mol. The van der Waals surface area contributed by atoms with E-state index >= 15 is 0 Å². The standard InChI is InChI=1S/C17H20IN3O5/c1-10-5-11(18)3-4-14(10)19-15-6-16(24)21(2)7-13(15)17(25)20-26-9-12(23)8-22/h3-7,12,19,22-23H,8-9H2,1-2H3,(H,20,25)/t12-/m0/s1. The molecule has 4 N–H and O–H groups in total. The summed E-state index contributed by atoms with van der Waals surface area (Å²) in [5.41, 5.74) is 4.18. The zero-order valence-electron chi connectivity index (χ0n) is 14.3. The molecule has 0 spiro atoms. The van der Waals surface area contributed by atoms with Crippen molar-refractivity contribution in [3.05, 3.63) is 55.5 Å². The Labute approximate surface area is 163 Å². The molecule has 0 saturated heterocycles. The van der Waals surface area contributed by atoms with Crippen molar-refractivity contribution >= 4 is 39.9 Å². The van der Waals surface area contributed by atoms with Crippen LogP contribution in [0, 0.1) is 10.5 Å². The van der Waals surface area contributed by atoms with E-state index in [-0.39, 0.29) is 17.7 Å². The first-order chi connectivity index (χ1) is 12.3. The normalized spacial score (nSPS) is 11.9. The van der Waals surface area contributed by atoms with Crippen LogP contribution in [0.25, 0.3) is 0 Å². The molecule has 0 saturated carbocycles. The zero-order chi connectivity index (χ0) is 19.3. The fraction of sp³-hybridized carbons (Fsp3) is 0.294. The number of aliphatic hydroxyl groups is 2. The first-order valence-electron chi connectivity index (χ1n) is 7.76. The minimum atomic E-state index is -1.09. The monoisotopic (exact) mass is 473 g/mol. The molecule has 9 heteroatoms. The highest BCUT2D eigenvalue weighted by molar-refractivity contribution is 14.1. The van der Waals surface area contributed by atoms with E-state index in [1.165, 1.54) is 23.9 Å². The van der Waals surface area contributed by atoms with E-state index in [0.717, 1.165) is 14.8 Å². The third-order valence-electron chi connectivity index (χ3n) is 3.58. The van der Waals surface area contributed by atoms with Gasteiger partial charge >= 0.3 is 0 Å². The predicted octanol–water partition coefficient (Wildman–Crippen LogP) is 1.06. The molecular formula is C17H20IN3O5. The zero-order valence-corrected chi connectivity index (χ0v) is 16.5. The van der Waals surface area contributed by atoms with E-state index in [1.54, 1.807) is 0 Å². The Balaban J connectivity index is 2.26. The van der Waals surface area contributed by atoms with Gasteiger partial charge in [-0.2, -0.15) is 0 Å². The number of hydrogen-bond acceptors (Lipinski definition) is 6. The molecule has 140 valence electrons. The number of aliphatic hydroxyl groups excluding tert-OH is 2. The number of amides is 1. The van der Waals surface area contributed by atoms with E-state index in [2.05, 4.69) is 33.4 Å². The maximum absolute atomic E-state index is 12.4. The van der Waals surface area contributed by atoms with Crippen molar-refractivity contribution in [2.45, 2.75) is 13.0 Å². The van der Waals surface area contributed by atoms with Crippen molar-refractivity contribution in [1.82, 2.24) is 10.0 Å². The number of pyridine rings is 1. The summed E-state index contributed by atoms with van der Waals surface area (Å²) in [7, 11) is 1.54. The number of nitrogens with one attached hydrogen (secondary N) is 2. The van der Waals surface area contributed by atoms with Crippen LogP contribution in [0.3, 0.4) is 0 Å². The van der Waals surface area contributed by atoms with E-state index in [1.807, 2.05) is 25.1 Å². The van der Waals surface area contributed by atoms with Crippen LogP contribution in [0.15, 0.2) is 35.3 Å². The molecule has 0 unspecified atom stereocenters. The smallest absolute Gasteiger partial charge is 0.278 e. The average molecular weight is 473 g/mol. The van der Waals surface area contributed by atoms with Crippen molar-refractivity contribution in [2.75, 3.05) is 18.5 Å². The van der Waals surface area contributed by atoms with Crippen molar-refractivity contribution in [3.8, 4) is 0 Å². The Morgan fingerprint density at radius 2 is 2.08 bits per heavy atom. The number of anilines is 2. The number of nitrogens with zero attached hydrogens (tertiary/aromatic N) is 1. The van der Waals surface area contributed by atoms with Gasteiger partial charge in [0.25, 0.3) is 11.5 Å². The summed E-state index contributed by atoms with van der Waals surface area (Å²) in [4.78, 5) is 29.3. The summed E-state index contributed by atoms with van der Waals surface area (Å²) in [6, 6.07) is 7.08. The minimum Gasteiger partial charge on any atom is -0.394 e. The molecule has 0 fully saturated rings. The van der Waals surface area contributed by atoms with E-state index in [9.17, 15) is 14.7 Å². The molecule has 8 nitrogen and oxygen atoms in total. The fourth-order valence-electron chi connectivity index (χ4n) is 2.14. The maximum Gasteiger partial charge on any atom is 0.278 e. The van der Waals surface area contributed by atoms with Gasteiger partial charge in [0.2, 0.25) is 0 Å². The molecule has 1 atom stereocenters. The third-order valence-corrected chi connectivity index (χ3v) is 4.25. The number of hydrogen-bond donors (Lipinski definition) is 4. The summed E-state index contributed by atoms with van der Waals surface area (Å²) in [6.07, 6.45) is 0.302. The van der Waals surface area contributed by atoms with Gasteiger partial charge < -0.3 is 20.1 Å². The van der Waals surface area contributed by atoms with E-state index in [4.69, 9.17) is 9.94 Å². The highest BCUT2D eigenvalue weighted by Crippen LogP contribution is 2.24. The van der Waals surface area contributed by atoms with Crippen molar-refractivity contribution in [1.29, 1.82) is 0 Å². The number of carbonyl (C=O) groups is 1. The lowest BCUT2D eigenvalue weighted by Gasteiger charge is -2.15. The highest BCUT2D eigenvalue weighted by atomic mass is 127. The van der Waals surface area contributed by atoms with Crippen LogP contribution in [-0.2, 0) is 11.9 Å². The van der Waals surface area contributed by atoms with Gasteiger partial charge in [0.1, 0.15) is 12.7 Å².